The summed E-state index contributed by atoms with van der Waals surface area (Å²) in [7, 11) is 0. The van der Waals surface area contributed by atoms with E-state index in [1.165, 1.54) is 4.57 Å². The Morgan fingerprint density at radius 2 is 1.36 bits per heavy atom. The number of rotatable bonds is 8. The van der Waals surface area contributed by atoms with E-state index in [4.69, 9.17) is 14.2 Å². The first-order valence-corrected chi connectivity index (χ1v) is 12.7. The van der Waals surface area contributed by atoms with E-state index in [1.807, 2.05) is 78.9 Å². The lowest BCUT2D eigenvalue weighted by Crippen LogP contribution is -2.43. The molecule has 0 aliphatic heterocycles. The topological polar surface area (TPSA) is 95.9 Å². The van der Waals surface area contributed by atoms with E-state index in [0.717, 1.165) is 16.5 Å². The summed E-state index contributed by atoms with van der Waals surface area (Å²) in [4.78, 5) is 38.8. The van der Waals surface area contributed by atoms with E-state index in [1.54, 1.807) is 33.0 Å². The number of aromatic nitrogens is 1. The van der Waals surface area contributed by atoms with E-state index >= 15 is 0 Å². The molecule has 0 saturated carbocycles. The molecule has 4 rings (SSSR count). The molecule has 0 radical (unpaired) electrons. The van der Waals surface area contributed by atoms with E-state index in [2.05, 4.69) is 5.32 Å². The Labute approximate surface area is 227 Å². The number of ether oxygens (including phenoxy) is 3. The van der Waals surface area contributed by atoms with Crippen LogP contribution in [0.3, 0.4) is 0 Å². The number of carbonyl (C=O) groups excluding carboxylic acids is 3. The molecule has 1 atom stereocenters. The number of carbonyl (C=O) groups is 3. The standard InChI is InChI=1S/C31H32N2O6/c1-31(2,3)39-30(36)33-19-24(25-16-10-11-17-27(25)33)18-26(28(34)37-20-22-12-6-4-7-13-22)32-29(35)38-21-23-14-8-5-9-15-23/h4-17,19,26H,18,20-21H2,1-3H3,(H,32,35)/t26-/m0/s1. The largest absolute Gasteiger partial charge is 0.459 e. The van der Waals surface area contributed by atoms with Gasteiger partial charge in [-0.05, 0) is 43.5 Å². The van der Waals surface area contributed by atoms with Crippen LogP contribution in [0.15, 0.2) is 91.1 Å². The molecule has 1 heterocycles. The summed E-state index contributed by atoms with van der Waals surface area (Å²) >= 11 is 0. The number of nitrogens with zero attached hydrogens (tertiary/aromatic N) is 1. The average Bonchev–Trinajstić information content (AvgIpc) is 3.29. The third kappa shape index (κ3) is 7.70. The van der Waals surface area contributed by atoms with Gasteiger partial charge in [-0.15, -0.1) is 0 Å². The molecule has 4 aromatic rings. The minimum absolute atomic E-state index is 0.0520. The lowest BCUT2D eigenvalue weighted by molar-refractivity contribution is -0.147. The maximum Gasteiger partial charge on any atom is 0.419 e. The van der Waals surface area contributed by atoms with Gasteiger partial charge in [0, 0.05) is 18.0 Å². The SMILES string of the molecule is CC(C)(C)OC(=O)n1cc(C[C@H](NC(=O)OCc2ccccc2)C(=O)OCc2ccccc2)c2ccccc21. The molecule has 3 aromatic carbocycles. The molecule has 0 fully saturated rings. The first kappa shape index (κ1) is 27.4. The quantitative estimate of drug-likeness (QED) is 0.222. The van der Waals surface area contributed by atoms with Crippen molar-refractivity contribution in [1.29, 1.82) is 0 Å². The molecule has 0 spiro atoms. The Bertz CT molecular complexity index is 1420. The molecule has 0 bridgehead atoms. The van der Waals surface area contributed by atoms with Crippen molar-refractivity contribution in [1.82, 2.24) is 9.88 Å². The Balaban J connectivity index is 1.56. The number of hydrogen-bond donors (Lipinski definition) is 1. The number of alkyl carbamates (subject to hydrolysis) is 1. The van der Waals surface area contributed by atoms with Crippen LogP contribution in [0.25, 0.3) is 10.9 Å². The fraction of sp³-hybridized carbons (Fsp3) is 0.258. The summed E-state index contributed by atoms with van der Waals surface area (Å²) in [6.07, 6.45) is 0.414. The monoisotopic (exact) mass is 528 g/mol. The van der Waals surface area contributed by atoms with Crippen molar-refractivity contribution in [2.75, 3.05) is 0 Å². The predicted octanol–water partition coefficient (Wildman–Crippen LogP) is 6.01. The van der Waals surface area contributed by atoms with E-state index in [0.29, 0.717) is 11.1 Å². The minimum Gasteiger partial charge on any atom is -0.459 e. The third-order valence-corrected chi connectivity index (χ3v) is 5.82. The van der Waals surface area contributed by atoms with E-state index < -0.39 is 29.8 Å². The van der Waals surface area contributed by atoms with Crippen LogP contribution in [0.2, 0.25) is 0 Å². The van der Waals surface area contributed by atoms with Crippen molar-refractivity contribution in [3.63, 3.8) is 0 Å². The molecule has 1 amide bonds. The third-order valence-electron chi connectivity index (χ3n) is 5.82. The second kappa shape index (κ2) is 12.3. The Hall–Kier alpha value is -4.59. The van der Waals surface area contributed by atoms with Crippen molar-refractivity contribution in [2.45, 2.75) is 52.0 Å². The highest BCUT2D eigenvalue weighted by molar-refractivity contribution is 5.93. The van der Waals surface area contributed by atoms with Crippen molar-refractivity contribution in [2.24, 2.45) is 0 Å². The number of hydrogen-bond acceptors (Lipinski definition) is 6. The van der Waals surface area contributed by atoms with Crippen molar-refractivity contribution >= 4 is 29.1 Å². The predicted molar refractivity (Wildman–Crippen MR) is 147 cm³/mol. The number of nitrogens with one attached hydrogen (secondary N) is 1. The maximum atomic E-state index is 13.2. The fourth-order valence-corrected chi connectivity index (χ4v) is 4.02. The zero-order valence-electron chi connectivity index (χ0n) is 22.3. The molecular formula is C31H32N2O6. The van der Waals surface area contributed by atoms with Gasteiger partial charge < -0.3 is 19.5 Å². The maximum absolute atomic E-state index is 13.2. The van der Waals surface area contributed by atoms with Gasteiger partial charge in [-0.25, -0.2) is 14.4 Å². The summed E-state index contributed by atoms with van der Waals surface area (Å²) in [5.74, 6) is -0.621. The smallest absolute Gasteiger partial charge is 0.419 e. The molecule has 1 aromatic heterocycles. The zero-order chi connectivity index (χ0) is 27.8. The molecule has 0 aliphatic carbocycles. The molecule has 0 aliphatic rings. The second-order valence-electron chi connectivity index (χ2n) is 10.1. The van der Waals surface area contributed by atoms with Crippen LogP contribution in [0.5, 0.6) is 0 Å². The zero-order valence-corrected chi connectivity index (χ0v) is 22.3. The summed E-state index contributed by atoms with van der Waals surface area (Å²) in [6, 6.07) is 24.8. The molecule has 0 saturated heterocycles. The Morgan fingerprint density at radius 3 is 1.97 bits per heavy atom. The van der Waals surface area contributed by atoms with Crippen LogP contribution in [-0.4, -0.2) is 34.4 Å². The van der Waals surface area contributed by atoms with Gasteiger partial charge in [-0.1, -0.05) is 78.9 Å². The van der Waals surface area contributed by atoms with Gasteiger partial charge >= 0.3 is 18.2 Å². The van der Waals surface area contributed by atoms with Crippen LogP contribution in [0, 0.1) is 0 Å². The molecule has 8 nitrogen and oxygen atoms in total. The molecule has 39 heavy (non-hydrogen) atoms. The lowest BCUT2D eigenvalue weighted by Gasteiger charge is -2.19. The highest BCUT2D eigenvalue weighted by atomic mass is 16.6. The number of amides is 1. The molecular weight excluding hydrogens is 496 g/mol. The normalized spacial score (nSPS) is 12.0. The van der Waals surface area contributed by atoms with Gasteiger partial charge in [0.2, 0.25) is 0 Å². The van der Waals surface area contributed by atoms with Crippen molar-refractivity contribution in [3.05, 3.63) is 108 Å². The molecule has 202 valence electrons. The first-order valence-electron chi connectivity index (χ1n) is 12.7. The molecule has 0 unspecified atom stereocenters. The van der Waals surface area contributed by atoms with Crippen LogP contribution in [0.1, 0.15) is 37.5 Å². The van der Waals surface area contributed by atoms with E-state index in [-0.39, 0.29) is 19.6 Å². The van der Waals surface area contributed by atoms with Crippen LogP contribution in [-0.2, 0) is 38.6 Å². The summed E-state index contributed by atoms with van der Waals surface area (Å²) in [5, 5.41) is 3.41. The fourth-order valence-electron chi connectivity index (χ4n) is 4.02. The second-order valence-corrected chi connectivity index (χ2v) is 10.1. The van der Waals surface area contributed by atoms with Gasteiger partial charge in [-0.3, -0.25) is 4.57 Å². The van der Waals surface area contributed by atoms with Gasteiger partial charge in [0.1, 0.15) is 24.9 Å². The van der Waals surface area contributed by atoms with Gasteiger partial charge in [0.25, 0.3) is 0 Å². The van der Waals surface area contributed by atoms with Crippen molar-refractivity contribution in [3.8, 4) is 0 Å². The van der Waals surface area contributed by atoms with Gasteiger partial charge in [0.15, 0.2) is 0 Å². The molecule has 1 N–H and O–H groups in total. The lowest BCUT2D eigenvalue weighted by atomic mass is 10.1. The van der Waals surface area contributed by atoms with Gasteiger partial charge in [0.05, 0.1) is 5.52 Å². The number of fused-ring (bicyclic) bond motifs is 1. The minimum atomic E-state index is -1.06. The highest BCUT2D eigenvalue weighted by Crippen LogP contribution is 2.24. The first-order chi connectivity index (χ1) is 18.7. The number of benzene rings is 3. The molecule has 8 heteroatoms. The van der Waals surface area contributed by atoms with Gasteiger partial charge in [-0.2, -0.15) is 0 Å². The van der Waals surface area contributed by atoms with Crippen LogP contribution < -0.4 is 5.32 Å². The summed E-state index contributed by atoms with van der Waals surface area (Å²) in [6.45, 7) is 5.48. The summed E-state index contributed by atoms with van der Waals surface area (Å²) < 4.78 is 17.9. The highest BCUT2D eigenvalue weighted by Gasteiger charge is 2.27. The summed E-state index contributed by atoms with van der Waals surface area (Å²) in [5.41, 5.74) is 2.25. The number of para-hydroxylation sites is 1. The Kier molecular flexibility index (Phi) is 8.66. The van der Waals surface area contributed by atoms with Crippen molar-refractivity contribution < 1.29 is 28.6 Å². The average molecular weight is 529 g/mol. The van der Waals surface area contributed by atoms with E-state index in [9.17, 15) is 14.4 Å². The van der Waals surface area contributed by atoms with Crippen LogP contribution in [0.4, 0.5) is 9.59 Å². The van der Waals surface area contributed by atoms with Crippen LogP contribution >= 0.6 is 0 Å². The number of esters is 1. The Morgan fingerprint density at radius 1 is 0.795 bits per heavy atom.